The van der Waals surface area contributed by atoms with E-state index < -0.39 is 0 Å². The Labute approximate surface area is 118 Å². The number of aryl methyl sites for hydroxylation is 2. The third-order valence-corrected chi connectivity index (χ3v) is 3.86. The first-order chi connectivity index (χ1) is 8.70. The summed E-state index contributed by atoms with van der Waals surface area (Å²) in [6.45, 7) is 6.54. The van der Waals surface area contributed by atoms with Crippen LogP contribution in [0.15, 0.2) is 23.0 Å². The van der Waals surface area contributed by atoms with Gasteiger partial charge < -0.3 is 0 Å². The van der Waals surface area contributed by atoms with Crippen LogP contribution in [0.4, 0.5) is 0 Å². The van der Waals surface area contributed by atoms with E-state index in [9.17, 15) is 4.79 Å². The maximum Gasteiger partial charge on any atom is 0.328 e. The van der Waals surface area contributed by atoms with Gasteiger partial charge in [0.1, 0.15) is 0 Å². The minimum atomic E-state index is -0.0280. The molecule has 0 N–H and O–H groups in total. The second-order valence-electron chi connectivity index (χ2n) is 6.38. The predicted molar refractivity (Wildman–Crippen MR) is 80.8 cm³/mol. The monoisotopic (exact) mass is 280 g/mol. The molecule has 1 aromatic heterocycles. The van der Waals surface area contributed by atoms with Crippen molar-refractivity contribution in [1.29, 1.82) is 0 Å². The Bertz CT molecular complexity index is 661. The maximum atomic E-state index is 11.9. The van der Waals surface area contributed by atoms with Gasteiger partial charge in [-0.1, -0.05) is 26.8 Å². The van der Waals surface area contributed by atoms with Crippen molar-refractivity contribution >= 4 is 22.6 Å². The van der Waals surface area contributed by atoms with Crippen LogP contribution in [0, 0.1) is 5.41 Å². The highest BCUT2D eigenvalue weighted by Gasteiger charge is 2.19. The average Bonchev–Trinajstić information content (AvgIpc) is 2.52. The number of hydrogen-bond donors (Lipinski definition) is 0. The Hall–Kier alpha value is -1.22. The quantitative estimate of drug-likeness (QED) is 0.772. The van der Waals surface area contributed by atoms with Gasteiger partial charge in [-0.15, -0.1) is 11.6 Å². The molecule has 1 heterocycles. The first-order valence-corrected chi connectivity index (χ1v) is 6.94. The molecular weight excluding hydrogens is 260 g/mol. The number of benzene rings is 1. The van der Waals surface area contributed by atoms with Crippen LogP contribution in [0.3, 0.4) is 0 Å². The summed E-state index contributed by atoms with van der Waals surface area (Å²) in [7, 11) is 3.58. The van der Waals surface area contributed by atoms with E-state index in [4.69, 9.17) is 11.6 Å². The van der Waals surface area contributed by atoms with Gasteiger partial charge in [0.05, 0.1) is 16.4 Å². The molecule has 0 saturated carbocycles. The SMILES string of the molecule is Cn1c(=O)n(C)c2cc(C(Cl)CC(C)(C)C)ccc21. The normalized spacial score (nSPS) is 14.0. The zero-order valence-electron chi connectivity index (χ0n) is 12.2. The van der Waals surface area contributed by atoms with E-state index in [0.29, 0.717) is 0 Å². The van der Waals surface area contributed by atoms with Crippen molar-refractivity contribution in [2.24, 2.45) is 19.5 Å². The van der Waals surface area contributed by atoms with Crippen LogP contribution >= 0.6 is 11.6 Å². The third-order valence-electron chi connectivity index (χ3n) is 3.45. The predicted octanol–water partition coefficient (Wildman–Crippen LogP) is 3.59. The highest BCUT2D eigenvalue weighted by Crippen LogP contribution is 2.34. The van der Waals surface area contributed by atoms with E-state index in [1.807, 2.05) is 18.2 Å². The van der Waals surface area contributed by atoms with Crippen LogP contribution in [0.25, 0.3) is 11.0 Å². The van der Waals surface area contributed by atoms with Crippen molar-refractivity contribution in [3.05, 3.63) is 34.2 Å². The van der Waals surface area contributed by atoms with Gasteiger partial charge in [-0.3, -0.25) is 9.13 Å². The van der Waals surface area contributed by atoms with Gasteiger partial charge in [-0.2, -0.15) is 0 Å². The van der Waals surface area contributed by atoms with E-state index in [0.717, 1.165) is 23.0 Å². The number of imidazole rings is 1. The number of nitrogens with zero attached hydrogens (tertiary/aromatic N) is 2. The fraction of sp³-hybridized carbons (Fsp3) is 0.533. The topological polar surface area (TPSA) is 26.9 Å². The fourth-order valence-corrected chi connectivity index (χ4v) is 2.97. The van der Waals surface area contributed by atoms with Crippen molar-refractivity contribution in [2.45, 2.75) is 32.6 Å². The summed E-state index contributed by atoms with van der Waals surface area (Å²) < 4.78 is 3.33. The van der Waals surface area contributed by atoms with Crippen LogP contribution in [-0.4, -0.2) is 9.13 Å². The van der Waals surface area contributed by atoms with Crippen LogP contribution in [0.1, 0.15) is 38.1 Å². The highest BCUT2D eigenvalue weighted by atomic mass is 35.5. The number of rotatable bonds is 2. The molecule has 104 valence electrons. The summed E-state index contributed by atoms with van der Waals surface area (Å²) in [4.78, 5) is 11.9. The lowest BCUT2D eigenvalue weighted by Gasteiger charge is -2.22. The number of hydrogen-bond acceptors (Lipinski definition) is 1. The molecule has 0 bridgehead atoms. The molecule has 19 heavy (non-hydrogen) atoms. The van der Waals surface area contributed by atoms with E-state index in [1.165, 1.54) is 0 Å². The van der Waals surface area contributed by atoms with Gasteiger partial charge in [0, 0.05) is 14.1 Å². The zero-order chi connectivity index (χ0) is 14.4. The minimum absolute atomic E-state index is 0.00547. The van der Waals surface area contributed by atoms with Crippen LogP contribution in [0.2, 0.25) is 0 Å². The van der Waals surface area contributed by atoms with Gasteiger partial charge in [0.15, 0.2) is 0 Å². The van der Waals surface area contributed by atoms with E-state index >= 15 is 0 Å². The number of halogens is 1. The van der Waals surface area contributed by atoms with E-state index in [-0.39, 0.29) is 16.5 Å². The van der Waals surface area contributed by atoms with Crippen LogP contribution in [-0.2, 0) is 14.1 Å². The Morgan fingerprint density at radius 1 is 1.16 bits per heavy atom. The molecule has 0 aliphatic rings. The Kier molecular flexibility index (Phi) is 3.52. The van der Waals surface area contributed by atoms with Gasteiger partial charge in [-0.05, 0) is 29.5 Å². The Morgan fingerprint density at radius 3 is 2.32 bits per heavy atom. The molecule has 0 aliphatic carbocycles. The van der Waals surface area contributed by atoms with Crippen molar-refractivity contribution in [2.75, 3.05) is 0 Å². The minimum Gasteiger partial charge on any atom is -0.295 e. The van der Waals surface area contributed by atoms with Gasteiger partial charge in [0.25, 0.3) is 0 Å². The van der Waals surface area contributed by atoms with E-state index in [1.54, 1.807) is 23.2 Å². The van der Waals surface area contributed by atoms with Crippen LogP contribution in [0.5, 0.6) is 0 Å². The van der Waals surface area contributed by atoms with Crippen molar-refractivity contribution in [3.8, 4) is 0 Å². The summed E-state index contributed by atoms with van der Waals surface area (Å²) >= 11 is 6.50. The second-order valence-corrected chi connectivity index (χ2v) is 6.91. The van der Waals surface area contributed by atoms with Crippen molar-refractivity contribution < 1.29 is 0 Å². The molecule has 0 aliphatic heterocycles. The molecule has 0 radical (unpaired) electrons. The van der Waals surface area contributed by atoms with Crippen molar-refractivity contribution in [3.63, 3.8) is 0 Å². The molecule has 2 rings (SSSR count). The van der Waals surface area contributed by atoms with Gasteiger partial charge >= 0.3 is 5.69 Å². The van der Waals surface area contributed by atoms with Crippen molar-refractivity contribution in [1.82, 2.24) is 9.13 Å². The number of fused-ring (bicyclic) bond motifs is 1. The highest BCUT2D eigenvalue weighted by molar-refractivity contribution is 6.20. The lowest BCUT2D eigenvalue weighted by molar-refractivity contribution is 0.372. The zero-order valence-corrected chi connectivity index (χ0v) is 13.0. The molecule has 0 spiro atoms. The van der Waals surface area contributed by atoms with Gasteiger partial charge in [0.2, 0.25) is 0 Å². The third kappa shape index (κ3) is 2.71. The summed E-state index contributed by atoms with van der Waals surface area (Å²) in [5.41, 5.74) is 3.13. The lowest BCUT2D eigenvalue weighted by Crippen LogP contribution is -2.19. The largest absolute Gasteiger partial charge is 0.328 e. The molecule has 0 saturated heterocycles. The molecular formula is C15H21ClN2O. The molecule has 0 amide bonds. The molecule has 3 nitrogen and oxygen atoms in total. The molecule has 4 heteroatoms. The second kappa shape index (κ2) is 4.71. The number of aromatic nitrogens is 2. The summed E-state index contributed by atoms with van der Waals surface area (Å²) in [5.74, 6) is 0. The average molecular weight is 281 g/mol. The van der Waals surface area contributed by atoms with E-state index in [2.05, 4.69) is 20.8 Å². The Morgan fingerprint density at radius 2 is 1.74 bits per heavy atom. The maximum absolute atomic E-state index is 11.9. The smallest absolute Gasteiger partial charge is 0.295 e. The first kappa shape index (κ1) is 14.2. The Balaban J connectivity index is 2.48. The van der Waals surface area contributed by atoms with Gasteiger partial charge in [-0.25, -0.2) is 4.79 Å². The molecule has 2 aromatic rings. The lowest BCUT2D eigenvalue weighted by atomic mass is 9.88. The molecule has 1 aromatic carbocycles. The fourth-order valence-electron chi connectivity index (χ4n) is 2.37. The first-order valence-electron chi connectivity index (χ1n) is 6.50. The molecule has 1 atom stereocenters. The summed E-state index contributed by atoms with van der Waals surface area (Å²) in [5, 5.41) is -0.0280. The standard InChI is InChI=1S/C15H21ClN2O/c1-15(2,3)9-11(16)10-6-7-12-13(8-10)18(5)14(19)17(12)4/h6-8,11H,9H2,1-5H3. The van der Waals surface area contributed by atoms with Crippen LogP contribution < -0.4 is 5.69 Å². The molecule has 0 fully saturated rings. The summed E-state index contributed by atoms with van der Waals surface area (Å²) in [6, 6.07) is 6.02. The molecule has 1 unspecified atom stereocenters. The number of alkyl halides is 1. The summed E-state index contributed by atoms with van der Waals surface area (Å²) in [6.07, 6.45) is 0.904.